The zero-order valence-corrected chi connectivity index (χ0v) is 14.6. The van der Waals surface area contributed by atoms with Crippen LogP contribution >= 0.6 is 0 Å². The topological polar surface area (TPSA) is 72.5 Å². The average molecular weight is 347 g/mol. The molecule has 0 saturated heterocycles. The van der Waals surface area contributed by atoms with Crippen LogP contribution in [0.15, 0.2) is 48.5 Å². The van der Waals surface area contributed by atoms with E-state index in [2.05, 4.69) is 5.32 Å². The number of carbonyl (C=O) groups is 1. The van der Waals surface area contributed by atoms with Crippen molar-refractivity contribution in [1.29, 1.82) is 0 Å². The van der Waals surface area contributed by atoms with E-state index in [4.69, 9.17) is 4.74 Å². The van der Waals surface area contributed by atoms with E-state index in [1.165, 1.54) is 6.26 Å². The maximum Gasteiger partial charge on any atom is 0.251 e. The summed E-state index contributed by atoms with van der Waals surface area (Å²) in [5.41, 5.74) is 2.31. The lowest BCUT2D eigenvalue weighted by molar-refractivity contribution is 0.0947. The van der Waals surface area contributed by atoms with E-state index in [9.17, 15) is 13.2 Å². The summed E-state index contributed by atoms with van der Waals surface area (Å²) in [4.78, 5) is 12.0. The van der Waals surface area contributed by atoms with Crippen LogP contribution in [0.1, 0.15) is 21.5 Å². The van der Waals surface area contributed by atoms with Crippen LogP contribution in [-0.2, 0) is 15.6 Å². The summed E-state index contributed by atoms with van der Waals surface area (Å²) >= 11 is 0. The Kier molecular flexibility index (Phi) is 5.98. The van der Waals surface area contributed by atoms with Crippen molar-refractivity contribution in [2.24, 2.45) is 0 Å². The van der Waals surface area contributed by atoms with Crippen LogP contribution in [0.25, 0.3) is 0 Å². The highest BCUT2D eigenvalue weighted by Crippen LogP contribution is 2.11. The molecule has 2 aromatic rings. The molecule has 128 valence electrons. The van der Waals surface area contributed by atoms with Gasteiger partial charge in [0.15, 0.2) is 9.84 Å². The van der Waals surface area contributed by atoms with E-state index in [1.54, 1.807) is 24.3 Å². The maximum atomic E-state index is 12.0. The van der Waals surface area contributed by atoms with Crippen molar-refractivity contribution in [2.75, 3.05) is 19.4 Å². The van der Waals surface area contributed by atoms with Gasteiger partial charge in [-0.05, 0) is 36.8 Å². The van der Waals surface area contributed by atoms with Gasteiger partial charge in [-0.2, -0.15) is 0 Å². The van der Waals surface area contributed by atoms with Crippen LogP contribution in [0.4, 0.5) is 0 Å². The van der Waals surface area contributed by atoms with E-state index in [0.717, 1.165) is 11.3 Å². The Bertz CT molecular complexity index is 781. The van der Waals surface area contributed by atoms with Crippen LogP contribution in [0.3, 0.4) is 0 Å². The Morgan fingerprint density at radius 1 is 1.04 bits per heavy atom. The van der Waals surface area contributed by atoms with Gasteiger partial charge in [0.25, 0.3) is 5.91 Å². The van der Waals surface area contributed by atoms with Crippen molar-refractivity contribution < 1.29 is 17.9 Å². The first-order chi connectivity index (χ1) is 11.3. The lowest BCUT2D eigenvalue weighted by atomic mass is 10.1. The number of benzene rings is 2. The van der Waals surface area contributed by atoms with Gasteiger partial charge in [-0.3, -0.25) is 4.79 Å². The predicted octanol–water partition coefficient (Wildman–Crippen LogP) is 2.35. The fourth-order valence-corrected chi connectivity index (χ4v) is 2.92. The summed E-state index contributed by atoms with van der Waals surface area (Å²) < 4.78 is 28.0. The summed E-state index contributed by atoms with van der Waals surface area (Å²) in [6.07, 6.45) is 1.18. The molecule has 1 N–H and O–H groups in total. The van der Waals surface area contributed by atoms with Crippen LogP contribution in [0, 0.1) is 6.92 Å². The zero-order valence-electron chi connectivity index (χ0n) is 13.8. The van der Waals surface area contributed by atoms with Gasteiger partial charge in [-0.1, -0.05) is 29.8 Å². The Morgan fingerprint density at radius 2 is 1.67 bits per heavy atom. The van der Waals surface area contributed by atoms with E-state index in [0.29, 0.717) is 24.3 Å². The summed E-state index contributed by atoms with van der Waals surface area (Å²) in [7, 11) is -3.07. The van der Waals surface area contributed by atoms with Gasteiger partial charge in [0, 0.05) is 11.8 Å². The second-order valence-electron chi connectivity index (χ2n) is 5.68. The number of carbonyl (C=O) groups excluding carboxylic acids is 1. The number of hydrogen-bond donors (Lipinski definition) is 1. The van der Waals surface area contributed by atoms with Crippen molar-refractivity contribution in [2.45, 2.75) is 12.7 Å². The molecule has 0 unspecified atom stereocenters. The molecule has 0 aromatic heterocycles. The largest absolute Gasteiger partial charge is 0.492 e. The molecule has 0 heterocycles. The van der Waals surface area contributed by atoms with Crippen molar-refractivity contribution in [1.82, 2.24) is 5.32 Å². The average Bonchev–Trinajstić information content (AvgIpc) is 2.52. The Balaban J connectivity index is 1.79. The third kappa shape index (κ3) is 6.04. The number of amides is 1. The van der Waals surface area contributed by atoms with Gasteiger partial charge in [0.2, 0.25) is 0 Å². The second kappa shape index (κ2) is 7.97. The summed E-state index contributed by atoms with van der Waals surface area (Å²) in [5, 5.41) is 2.77. The molecule has 0 spiro atoms. The molecular formula is C18H21NO4S. The fourth-order valence-electron chi connectivity index (χ4n) is 2.13. The lowest BCUT2D eigenvalue weighted by Gasteiger charge is -2.08. The first-order valence-corrected chi connectivity index (χ1v) is 9.64. The van der Waals surface area contributed by atoms with E-state index in [-0.39, 0.29) is 11.7 Å². The molecule has 0 saturated carbocycles. The monoisotopic (exact) mass is 347 g/mol. The molecule has 0 aliphatic heterocycles. The van der Waals surface area contributed by atoms with Crippen LogP contribution < -0.4 is 10.1 Å². The molecule has 2 rings (SSSR count). The minimum absolute atomic E-state index is 0.0285. The molecule has 24 heavy (non-hydrogen) atoms. The fraction of sp³-hybridized carbons (Fsp3) is 0.278. The summed E-state index contributed by atoms with van der Waals surface area (Å²) in [5.74, 6) is 0.521. The number of rotatable bonds is 7. The third-order valence-corrected chi connectivity index (χ3v) is 4.18. The highest BCUT2D eigenvalue weighted by atomic mass is 32.2. The highest BCUT2D eigenvalue weighted by molar-refractivity contribution is 7.89. The molecule has 0 aliphatic carbocycles. The number of sulfone groups is 1. The van der Waals surface area contributed by atoms with Crippen molar-refractivity contribution in [3.63, 3.8) is 0 Å². The van der Waals surface area contributed by atoms with E-state index >= 15 is 0 Å². The number of hydrogen-bond acceptors (Lipinski definition) is 4. The maximum absolute atomic E-state index is 12.0. The predicted molar refractivity (Wildman–Crippen MR) is 94.0 cm³/mol. The molecule has 0 bridgehead atoms. The second-order valence-corrected chi connectivity index (χ2v) is 7.82. The van der Waals surface area contributed by atoms with Crippen LogP contribution in [0.5, 0.6) is 5.75 Å². The molecule has 1 amide bonds. The smallest absolute Gasteiger partial charge is 0.251 e. The van der Waals surface area contributed by atoms with Gasteiger partial charge < -0.3 is 10.1 Å². The summed E-state index contributed by atoms with van der Waals surface area (Å²) in [6, 6.07) is 14.2. The number of nitrogens with one attached hydrogen (secondary N) is 1. The highest BCUT2D eigenvalue weighted by Gasteiger charge is 2.07. The Labute approximate surface area is 142 Å². The quantitative estimate of drug-likeness (QED) is 0.781. The van der Waals surface area contributed by atoms with E-state index < -0.39 is 9.84 Å². The normalized spacial score (nSPS) is 11.1. The van der Waals surface area contributed by atoms with Crippen molar-refractivity contribution in [3.05, 3.63) is 65.2 Å². The lowest BCUT2D eigenvalue weighted by Crippen LogP contribution is -2.28. The molecule has 0 fully saturated rings. The molecule has 6 heteroatoms. The molecule has 0 aliphatic rings. The van der Waals surface area contributed by atoms with E-state index in [1.807, 2.05) is 31.2 Å². The zero-order chi connectivity index (χ0) is 17.6. The number of ether oxygens (including phenoxy) is 1. The molecule has 0 radical (unpaired) electrons. The Hall–Kier alpha value is -2.34. The summed E-state index contributed by atoms with van der Waals surface area (Å²) in [6.45, 7) is 2.77. The van der Waals surface area contributed by atoms with Crippen molar-refractivity contribution in [3.8, 4) is 5.75 Å². The molecule has 5 nitrogen and oxygen atoms in total. The molecular weight excluding hydrogens is 326 g/mol. The van der Waals surface area contributed by atoms with Crippen LogP contribution in [0.2, 0.25) is 0 Å². The van der Waals surface area contributed by atoms with Gasteiger partial charge in [0.05, 0.1) is 12.3 Å². The van der Waals surface area contributed by atoms with Gasteiger partial charge >= 0.3 is 0 Å². The first-order valence-electron chi connectivity index (χ1n) is 7.58. The first kappa shape index (κ1) is 18.0. The minimum atomic E-state index is -3.07. The SMILES string of the molecule is Cc1ccc(OCCNC(=O)c2ccc(CS(C)(=O)=O)cc2)cc1. The third-order valence-electron chi connectivity index (χ3n) is 3.32. The van der Waals surface area contributed by atoms with Gasteiger partial charge in [0.1, 0.15) is 12.4 Å². The van der Waals surface area contributed by atoms with Gasteiger partial charge in [-0.15, -0.1) is 0 Å². The standard InChI is InChI=1S/C18H21NO4S/c1-14-3-9-17(10-4-14)23-12-11-19-18(20)16-7-5-15(6-8-16)13-24(2,21)22/h3-10H,11-13H2,1-2H3,(H,19,20). The number of aryl methyl sites for hydroxylation is 1. The van der Waals surface area contributed by atoms with Gasteiger partial charge in [-0.25, -0.2) is 8.42 Å². The molecule has 2 aromatic carbocycles. The van der Waals surface area contributed by atoms with Crippen molar-refractivity contribution >= 4 is 15.7 Å². The minimum Gasteiger partial charge on any atom is -0.492 e. The Morgan fingerprint density at radius 3 is 2.25 bits per heavy atom. The van der Waals surface area contributed by atoms with Crippen LogP contribution in [-0.4, -0.2) is 33.7 Å². The molecule has 0 atom stereocenters.